The largest absolute Gasteiger partial charge is 0.497 e. The second-order valence-corrected chi connectivity index (χ2v) is 7.91. The number of hydrogen-bond donors (Lipinski definition) is 0. The lowest BCUT2D eigenvalue weighted by atomic mass is 9.85. The van der Waals surface area contributed by atoms with E-state index in [1.54, 1.807) is 13.3 Å². The second kappa shape index (κ2) is 7.08. The first-order valence-electron chi connectivity index (χ1n) is 9.92. The summed E-state index contributed by atoms with van der Waals surface area (Å²) in [6.45, 7) is 3.47. The van der Waals surface area contributed by atoms with Gasteiger partial charge in [0.1, 0.15) is 11.6 Å². The van der Waals surface area contributed by atoms with Crippen LogP contribution < -0.4 is 10.3 Å². The van der Waals surface area contributed by atoms with Crippen LogP contribution in [0.1, 0.15) is 24.2 Å². The van der Waals surface area contributed by atoms with Crippen molar-refractivity contribution in [2.75, 3.05) is 20.2 Å². The van der Waals surface area contributed by atoms with Crippen molar-refractivity contribution >= 4 is 0 Å². The van der Waals surface area contributed by atoms with Gasteiger partial charge < -0.3 is 4.74 Å². The molecule has 0 N–H and O–H groups in total. The molecule has 0 bridgehead atoms. The summed E-state index contributed by atoms with van der Waals surface area (Å²) < 4.78 is 7.03. The van der Waals surface area contributed by atoms with Crippen LogP contribution in [0.25, 0.3) is 11.3 Å². The van der Waals surface area contributed by atoms with Crippen LogP contribution in [0.15, 0.2) is 53.6 Å². The Kier molecular flexibility index (Phi) is 4.39. The fourth-order valence-electron chi connectivity index (χ4n) is 4.62. The van der Waals surface area contributed by atoms with Crippen LogP contribution in [-0.4, -0.2) is 44.8 Å². The summed E-state index contributed by atoms with van der Waals surface area (Å²) in [6.07, 6.45) is 5.65. The molecule has 3 aromatic rings. The number of likely N-dealkylation sites (tertiary alicyclic amines) is 1. The molecule has 1 saturated heterocycles. The van der Waals surface area contributed by atoms with E-state index in [2.05, 4.69) is 26.1 Å². The predicted octanol–water partition coefficient (Wildman–Crippen LogP) is 2.26. The van der Waals surface area contributed by atoms with Crippen LogP contribution in [0.4, 0.5) is 0 Å². The third-order valence-electron chi connectivity index (χ3n) is 6.16. The molecular weight excluding hydrogens is 366 g/mol. The molecule has 4 heterocycles. The van der Waals surface area contributed by atoms with Crippen molar-refractivity contribution in [1.29, 1.82) is 0 Å². The zero-order valence-electron chi connectivity index (χ0n) is 16.4. The van der Waals surface area contributed by atoms with E-state index in [0.29, 0.717) is 12.2 Å². The van der Waals surface area contributed by atoms with Gasteiger partial charge in [-0.2, -0.15) is 0 Å². The van der Waals surface area contributed by atoms with E-state index >= 15 is 0 Å². The highest BCUT2D eigenvalue weighted by Crippen LogP contribution is 2.41. The average Bonchev–Trinajstić information content (AvgIpc) is 3.34. The van der Waals surface area contributed by atoms with Crippen molar-refractivity contribution in [3.05, 3.63) is 70.5 Å². The number of ether oxygens (including phenoxy) is 1. The Labute approximate surface area is 169 Å². The van der Waals surface area contributed by atoms with Gasteiger partial charge in [-0.25, -0.2) is 0 Å². The van der Waals surface area contributed by atoms with Gasteiger partial charge in [-0.3, -0.25) is 19.2 Å². The van der Waals surface area contributed by atoms with Crippen LogP contribution in [0, 0.1) is 0 Å². The fourth-order valence-corrected chi connectivity index (χ4v) is 4.62. The summed E-state index contributed by atoms with van der Waals surface area (Å²) in [5.74, 6) is 1.59. The molecule has 5 rings (SSSR count). The highest BCUT2D eigenvalue weighted by molar-refractivity contribution is 5.58. The van der Waals surface area contributed by atoms with Crippen molar-refractivity contribution in [2.24, 2.45) is 0 Å². The van der Waals surface area contributed by atoms with E-state index < -0.39 is 0 Å². The van der Waals surface area contributed by atoms with Crippen LogP contribution >= 0.6 is 0 Å². The first kappa shape index (κ1) is 18.0. The highest BCUT2D eigenvalue weighted by Gasteiger charge is 2.46. The number of fused-ring (bicyclic) bond motifs is 2. The molecule has 2 aromatic heterocycles. The topological polar surface area (TPSA) is 73.1 Å². The van der Waals surface area contributed by atoms with Crippen molar-refractivity contribution in [3.63, 3.8) is 0 Å². The molecule has 148 valence electrons. The van der Waals surface area contributed by atoms with Crippen molar-refractivity contribution in [2.45, 2.75) is 31.3 Å². The van der Waals surface area contributed by atoms with Gasteiger partial charge in [-0.15, -0.1) is 10.2 Å². The monoisotopic (exact) mass is 389 g/mol. The second-order valence-electron chi connectivity index (χ2n) is 7.91. The summed E-state index contributed by atoms with van der Waals surface area (Å²) in [7, 11) is 1.62. The van der Waals surface area contributed by atoms with Crippen LogP contribution in [-0.2, 0) is 18.5 Å². The number of nitrogens with zero attached hydrogens (tertiary/aromatic N) is 5. The lowest BCUT2D eigenvalue weighted by Crippen LogP contribution is -2.33. The lowest BCUT2D eigenvalue weighted by Gasteiger charge is -2.23. The van der Waals surface area contributed by atoms with Crippen molar-refractivity contribution in [1.82, 2.24) is 24.6 Å². The van der Waals surface area contributed by atoms with Crippen molar-refractivity contribution < 1.29 is 4.74 Å². The lowest BCUT2D eigenvalue weighted by molar-refractivity contribution is 0.299. The maximum atomic E-state index is 13.1. The minimum atomic E-state index is -0.0766. The van der Waals surface area contributed by atoms with Crippen LogP contribution in [0.2, 0.25) is 0 Å². The molecule has 0 unspecified atom stereocenters. The molecule has 0 radical (unpaired) electrons. The quantitative estimate of drug-likeness (QED) is 0.682. The molecular formula is C22H23N5O2. The Bertz CT molecular complexity index is 1080. The highest BCUT2D eigenvalue weighted by atomic mass is 16.5. The molecule has 0 amide bonds. The Morgan fingerprint density at radius 3 is 2.69 bits per heavy atom. The van der Waals surface area contributed by atoms with E-state index in [9.17, 15) is 4.79 Å². The minimum absolute atomic E-state index is 0.0530. The summed E-state index contributed by atoms with van der Waals surface area (Å²) in [5.41, 5.74) is 2.25. The number of aromatic nitrogens is 4. The van der Waals surface area contributed by atoms with E-state index in [-0.39, 0.29) is 11.0 Å². The van der Waals surface area contributed by atoms with E-state index in [1.807, 2.05) is 41.1 Å². The van der Waals surface area contributed by atoms with Crippen LogP contribution in [0.5, 0.6) is 5.75 Å². The normalized spacial score (nSPS) is 20.9. The Balaban J connectivity index is 1.42. The van der Waals surface area contributed by atoms with Gasteiger partial charge >= 0.3 is 0 Å². The Morgan fingerprint density at radius 1 is 1.10 bits per heavy atom. The number of rotatable bonds is 4. The number of benzene rings is 1. The van der Waals surface area contributed by atoms with Gasteiger partial charge in [-0.05, 0) is 55.3 Å². The van der Waals surface area contributed by atoms with E-state index in [0.717, 1.165) is 49.6 Å². The number of pyridine rings is 1. The molecule has 7 heteroatoms. The molecule has 1 atom stereocenters. The molecule has 1 aromatic carbocycles. The Hall–Kier alpha value is -3.06. The van der Waals surface area contributed by atoms with Gasteiger partial charge in [0.15, 0.2) is 5.69 Å². The van der Waals surface area contributed by atoms with Gasteiger partial charge in [0.2, 0.25) is 0 Å². The summed E-state index contributed by atoms with van der Waals surface area (Å²) in [6, 6.07) is 11.5. The number of hydrogen-bond acceptors (Lipinski definition) is 6. The average molecular weight is 389 g/mol. The molecule has 7 nitrogen and oxygen atoms in total. The molecule has 29 heavy (non-hydrogen) atoms. The zero-order chi connectivity index (χ0) is 19.8. The predicted molar refractivity (Wildman–Crippen MR) is 109 cm³/mol. The van der Waals surface area contributed by atoms with E-state index in [4.69, 9.17) is 4.74 Å². The van der Waals surface area contributed by atoms with Crippen molar-refractivity contribution in [3.8, 4) is 17.0 Å². The molecule has 1 spiro atoms. The Morgan fingerprint density at radius 2 is 1.93 bits per heavy atom. The third-order valence-corrected chi connectivity index (χ3v) is 6.16. The third kappa shape index (κ3) is 3.11. The summed E-state index contributed by atoms with van der Waals surface area (Å²) in [4.78, 5) is 19.8. The van der Waals surface area contributed by atoms with Gasteiger partial charge in [0.25, 0.3) is 5.56 Å². The SMILES string of the molecule is COc1ccc(-c2nnc3n(c2=O)CC[C@@]32CCN(Cc3cccnc3)C2)cc1. The fraction of sp³-hybridized carbons (Fsp3) is 0.364. The first-order chi connectivity index (χ1) is 14.2. The first-order valence-corrected chi connectivity index (χ1v) is 9.92. The smallest absolute Gasteiger partial charge is 0.280 e. The van der Waals surface area contributed by atoms with Crippen LogP contribution in [0.3, 0.4) is 0 Å². The number of methoxy groups -OCH3 is 1. The molecule has 0 aliphatic carbocycles. The molecule has 2 aliphatic rings. The standard InChI is InChI=1S/C22H23N5O2/c1-29-18-6-4-17(5-7-18)19-20(28)27-12-9-22(21(27)25-24-19)8-11-26(15-22)14-16-3-2-10-23-13-16/h2-7,10,13H,8-9,11-12,14-15H2,1H3/t22-/m1/s1. The molecule has 2 aliphatic heterocycles. The van der Waals surface area contributed by atoms with Gasteiger partial charge in [0, 0.05) is 43.0 Å². The molecule has 0 saturated carbocycles. The minimum Gasteiger partial charge on any atom is -0.497 e. The maximum Gasteiger partial charge on any atom is 0.280 e. The maximum absolute atomic E-state index is 13.1. The van der Waals surface area contributed by atoms with Gasteiger partial charge in [-0.1, -0.05) is 6.07 Å². The molecule has 1 fully saturated rings. The zero-order valence-corrected chi connectivity index (χ0v) is 16.4. The summed E-state index contributed by atoms with van der Waals surface area (Å²) in [5, 5.41) is 8.91. The van der Waals surface area contributed by atoms with E-state index in [1.165, 1.54) is 5.56 Å². The van der Waals surface area contributed by atoms with Gasteiger partial charge in [0.05, 0.1) is 7.11 Å². The summed E-state index contributed by atoms with van der Waals surface area (Å²) >= 11 is 0.